The summed E-state index contributed by atoms with van der Waals surface area (Å²) in [6.45, 7) is 6.23. The minimum Gasteiger partial charge on any atom is -0.306 e. The summed E-state index contributed by atoms with van der Waals surface area (Å²) in [6, 6.07) is 0. The molecule has 0 radical (unpaired) electrons. The molecule has 0 heterocycles. The maximum absolute atomic E-state index is 3.36. The van der Waals surface area contributed by atoms with E-state index >= 15 is 0 Å². The van der Waals surface area contributed by atoms with Gasteiger partial charge in [-0.1, -0.05) is 19.3 Å². The van der Waals surface area contributed by atoms with Gasteiger partial charge in [0, 0.05) is 6.54 Å². The number of hydrogen-bond donors (Lipinski definition) is 1. The molecule has 0 atom stereocenters. The summed E-state index contributed by atoms with van der Waals surface area (Å²) in [7, 11) is 0. The Balaban J connectivity index is 2.05. The highest BCUT2D eigenvalue weighted by Crippen LogP contribution is 2.39. The van der Waals surface area contributed by atoms with Crippen molar-refractivity contribution in [1.29, 1.82) is 0 Å². The molecule has 1 rings (SSSR count). The molecule has 1 aliphatic rings. The minimum absolute atomic E-state index is 0.593. The summed E-state index contributed by atoms with van der Waals surface area (Å²) in [6.07, 6.45) is 4.19. The second-order valence-electron chi connectivity index (χ2n) is 3.69. The molecule has 0 saturated heterocycles. The van der Waals surface area contributed by atoms with Crippen LogP contribution in [0.3, 0.4) is 0 Å². The summed E-state index contributed by atoms with van der Waals surface area (Å²) in [5.74, 6) is 5.89. The van der Waals surface area contributed by atoms with Crippen LogP contribution in [0, 0.1) is 17.3 Å². The van der Waals surface area contributed by atoms with Crippen molar-refractivity contribution in [3.8, 4) is 11.8 Å². The maximum Gasteiger partial charge on any atom is 0.0576 e. The van der Waals surface area contributed by atoms with Crippen LogP contribution in [0.15, 0.2) is 0 Å². The minimum atomic E-state index is 0.593. The van der Waals surface area contributed by atoms with E-state index in [1.807, 2.05) is 6.92 Å². The first-order valence-corrected chi connectivity index (χ1v) is 4.37. The highest BCUT2D eigenvalue weighted by atomic mass is 14.9. The van der Waals surface area contributed by atoms with Crippen LogP contribution in [0.25, 0.3) is 0 Å². The smallest absolute Gasteiger partial charge is 0.0576 e. The van der Waals surface area contributed by atoms with Crippen molar-refractivity contribution in [1.82, 2.24) is 5.32 Å². The lowest BCUT2D eigenvalue weighted by Crippen LogP contribution is -2.37. The molecule has 1 saturated carbocycles. The zero-order valence-electron chi connectivity index (χ0n) is 7.54. The monoisotopic (exact) mass is 151 g/mol. The van der Waals surface area contributed by atoms with Gasteiger partial charge < -0.3 is 5.32 Å². The molecule has 0 bridgehead atoms. The van der Waals surface area contributed by atoms with Crippen molar-refractivity contribution in [2.24, 2.45) is 5.41 Å². The normalized spacial score (nSPS) is 19.8. The van der Waals surface area contributed by atoms with E-state index in [9.17, 15) is 0 Å². The first kappa shape index (κ1) is 8.62. The Morgan fingerprint density at radius 3 is 2.64 bits per heavy atom. The second kappa shape index (κ2) is 3.78. The molecule has 1 N–H and O–H groups in total. The molecule has 0 unspecified atom stereocenters. The molecule has 0 aromatic heterocycles. The van der Waals surface area contributed by atoms with Crippen LogP contribution >= 0.6 is 0 Å². The van der Waals surface area contributed by atoms with Gasteiger partial charge in [0.2, 0.25) is 0 Å². The summed E-state index contributed by atoms with van der Waals surface area (Å²) >= 11 is 0. The third-order valence-corrected chi connectivity index (χ3v) is 2.50. The lowest BCUT2D eigenvalue weighted by molar-refractivity contribution is 0.159. The average Bonchev–Trinajstić information content (AvgIpc) is 1.95. The zero-order chi connectivity index (χ0) is 8.16. The van der Waals surface area contributed by atoms with Gasteiger partial charge in [-0.2, -0.15) is 0 Å². The van der Waals surface area contributed by atoms with E-state index in [2.05, 4.69) is 24.1 Å². The van der Waals surface area contributed by atoms with Crippen molar-refractivity contribution in [2.45, 2.75) is 33.1 Å². The highest BCUT2D eigenvalue weighted by molar-refractivity contribution is 4.97. The summed E-state index contributed by atoms with van der Waals surface area (Å²) < 4.78 is 0. The fourth-order valence-electron chi connectivity index (χ4n) is 1.47. The molecule has 0 aliphatic heterocycles. The average molecular weight is 151 g/mol. The maximum atomic E-state index is 3.36. The van der Waals surface area contributed by atoms with Gasteiger partial charge in [-0.05, 0) is 25.2 Å². The quantitative estimate of drug-likeness (QED) is 0.479. The lowest BCUT2D eigenvalue weighted by Gasteiger charge is -2.38. The van der Waals surface area contributed by atoms with Crippen LogP contribution in [0.2, 0.25) is 0 Å². The van der Waals surface area contributed by atoms with Crippen LogP contribution in [0.4, 0.5) is 0 Å². The molecular formula is C10H17N. The molecule has 0 aromatic rings. The van der Waals surface area contributed by atoms with Gasteiger partial charge in [0.05, 0.1) is 6.54 Å². The molecule has 1 heteroatoms. The molecule has 11 heavy (non-hydrogen) atoms. The van der Waals surface area contributed by atoms with E-state index in [1.54, 1.807) is 0 Å². The highest BCUT2D eigenvalue weighted by Gasteiger charge is 2.30. The van der Waals surface area contributed by atoms with Crippen LogP contribution in [-0.2, 0) is 0 Å². The Hall–Kier alpha value is -0.480. The van der Waals surface area contributed by atoms with Gasteiger partial charge in [-0.15, -0.1) is 5.92 Å². The first-order chi connectivity index (χ1) is 5.27. The Morgan fingerprint density at radius 1 is 1.45 bits per heavy atom. The predicted molar refractivity (Wildman–Crippen MR) is 48.3 cm³/mol. The fraction of sp³-hybridized carbons (Fsp3) is 0.800. The van der Waals surface area contributed by atoms with Crippen molar-refractivity contribution >= 4 is 0 Å². The van der Waals surface area contributed by atoms with E-state index in [4.69, 9.17) is 0 Å². The van der Waals surface area contributed by atoms with Gasteiger partial charge in [0.1, 0.15) is 0 Å². The van der Waals surface area contributed by atoms with Crippen molar-refractivity contribution in [3.05, 3.63) is 0 Å². The molecule has 62 valence electrons. The van der Waals surface area contributed by atoms with E-state index in [0.29, 0.717) is 5.41 Å². The van der Waals surface area contributed by atoms with Gasteiger partial charge in [0.25, 0.3) is 0 Å². The first-order valence-electron chi connectivity index (χ1n) is 4.37. The van der Waals surface area contributed by atoms with E-state index in [0.717, 1.165) is 13.1 Å². The molecule has 0 amide bonds. The van der Waals surface area contributed by atoms with Gasteiger partial charge >= 0.3 is 0 Å². The van der Waals surface area contributed by atoms with Crippen LogP contribution in [0.1, 0.15) is 33.1 Å². The molecule has 1 aliphatic carbocycles. The van der Waals surface area contributed by atoms with Crippen LogP contribution < -0.4 is 5.32 Å². The van der Waals surface area contributed by atoms with Gasteiger partial charge in [0.15, 0.2) is 0 Å². The number of rotatable bonds is 3. The summed E-state index contributed by atoms with van der Waals surface area (Å²) in [4.78, 5) is 0. The second-order valence-corrected chi connectivity index (χ2v) is 3.69. The number of nitrogens with one attached hydrogen (secondary N) is 1. The van der Waals surface area contributed by atoms with Gasteiger partial charge in [-0.25, -0.2) is 0 Å². The topological polar surface area (TPSA) is 12.0 Å². The van der Waals surface area contributed by atoms with Gasteiger partial charge in [-0.3, -0.25) is 0 Å². The standard InChI is InChI=1S/C10H17N/c1-3-4-8-11-9-10(2)6-5-7-10/h11H,5-9H2,1-2H3. The SMILES string of the molecule is CC#CCNCC1(C)CCC1. The Labute approximate surface area is 69.6 Å². The van der Waals surface area contributed by atoms with Crippen molar-refractivity contribution in [2.75, 3.05) is 13.1 Å². The Kier molecular flexibility index (Phi) is 2.96. The fourth-order valence-corrected chi connectivity index (χ4v) is 1.47. The Bertz CT molecular complexity index is 169. The Morgan fingerprint density at radius 2 is 2.18 bits per heavy atom. The molecular weight excluding hydrogens is 134 g/mol. The summed E-state index contributed by atoms with van der Waals surface area (Å²) in [5, 5.41) is 3.36. The molecule has 1 fully saturated rings. The van der Waals surface area contributed by atoms with E-state index in [-0.39, 0.29) is 0 Å². The molecule has 0 spiro atoms. The van der Waals surface area contributed by atoms with Crippen molar-refractivity contribution in [3.63, 3.8) is 0 Å². The van der Waals surface area contributed by atoms with Crippen molar-refractivity contribution < 1.29 is 0 Å². The summed E-state index contributed by atoms with van der Waals surface area (Å²) in [5.41, 5.74) is 0.593. The predicted octanol–water partition coefficient (Wildman–Crippen LogP) is 1.79. The lowest BCUT2D eigenvalue weighted by atomic mass is 9.70. The van der Waals surface area contributed by atoms with E-state index < -0.39 is 0 Å². The number of hydrogen-bond acceptors (Lipinski definition) is 1. The molecule has 1 nitrogen and oxygen atoms in total. The third kappa shape index (κ3) is 2.55. The largest absolute Gasteiger partial charge is 0.306 e. The zero-order valence-corrected chi connectivity index (χ0v) is 7.54. The van der Waals surface area contributed by atoms with E-state index in [1.165, 1.54) is 19.3 Å². The van der Waals surface area contributed by atoms with Crippen LogP contribution in [0.5, 0.6) is 0 Å². The molecule has 0 aromatic carbocycles. The third-order valence-electron chi connectivity index (χ3n) is 2.50. The van der Waals surface area contributed by atoms with Crippen LogP contribution in [-0.4, -0.2) is 13.1 Å².